The molecule has 0 heterocycles. The highest BCUT2D eigenvalue weighted by Crippen LogP contribution is 2.31. The van der Waals surface area contributed by atoms with Crippen molar-refractivity contribution < 1.29 is 9.47 Å². The van der Waals surface area contributed by atoms with E-state index in [1.54, 1.807) is 14.2 Å². The second-order valence-electron chi connectivity index (χ2n) is 4.67. The van der Waals surface area contributed by atoms with Gasteiger partial charge in [0.1, 0.15) is 11.5 Å². The molecule has 0 bridgehead atoms. The van der Waals surface area contributed by atoms with E-state index < -0.39 is 0 Å². The van der Waals surface area contributed by atoms with Crippen LogP contribution in [0.5, 0.6) is 11.5 Å². The summed E-state index contributed by atoms with van der Waals surface area (Å²) in [5.74, 6) is 1.61. The predicted molar refractivity (Wildman–Crippen MR) is 92.0 cm³/mol. The molecule has 2 aromatic rings. The zero-order chi connectivity index (χ0) is 15.4. The second kappa shape index (κ2) is 7.29. The van der Waals surface area contributed by atoms with E-state index in [9.17, 15) is 0 Å². The van der Waals surface area contributed by atoms with Gasteiger partial charge in [-0.05, 0) is 52.2 Å². The monoisotopic (exact) mass is 413 g/mol. The molecule has 112 valence electrons. The van der Waals surface area contributed by atoms with Crippen LogP contribution < -0.4 is 15.2 Å². The molecule has 0 saturated heterocycles. The summed E-state index contributed by atoms with van der Waals surface area (Å²) < 4.78 is 12.5. The van der Waals surface area contributed by atoms with Crippen molar-refractivity contribution in [2.75, 3.05) is 14.2 Å². The van der Waals surface area contributed by atoms with Crippen LogP contribution in [0.15, 0.2) is 45.3 Å². The van der Waals surface area contributed by atoms with Gasteiger partial charge in [-0.2, -0.15) is 0 Å². The quantitative estimate of drug-likeness (QED) is 0.784. The molecular weight excluding hydrogens is 398 g/mol. The van der Waals surface area contributed by atoms with E-state index in [2.05, 4.69) is 31.9 Å². The molecule has 0 radical (unpaired) electrons. The van der Waals surface area contributed by atoms with Crippen LogP contribution in [0.2, 0.25) is 0 Å². The van der Waals surface area contributed by atoms with Crippen LogP contribution in [0.1, 0.15) is 17.2 Å². The fourth-order valence-corrected chi connectivity index (χ4v) is 3.12. The molecule has 2 rings (SSSR count). The zero-order valence-electron chi connectivity index (χ0n) is 11.9. The van der Waals surface area contributed by atoms with Crippen molar-refractivity contribution in [2.24, 2.45) is 5.73 Å². The van der Waals surface area contributed by atoms with E-state index in [4.69, 9.17) is 15.2 Å². The van der Waals surface area contributed by atoms with Crippen LogP contribution in [-0.4, -0.2) is 14.2 Å². The summed E-state index contributed by atoms with van der Waals surface area (Å²) in [5, 5.41) is 0. The first-order valence-electron chi connectivity index (χ1n) is 6.46. The predicted octanol–water partition coefficient (Wildman–Crippen LogP) is 4.47. The third kappa shape index (κ3) is 3.99. The molecule has 5 heteroatoms. The van der Waals surface area contributed by atoms with Crippen LogP contribution >= 0.6 is 31.9 Å². The maximum Gasteiger partial charge on any atom is 0.133 e. The lowest BCUT2D eigenvalue weighted by Crippen LogP contribution is -2.14. The van der Waals surface area contributed by atoms with Gasteiger partial charge in [-0.1, -0.05) is 28.1 Å². The second-order valence-corrected chi connectivity index (χ2v) is 6.44. The van der Waals surface area contributed by atoms with Crippen LogP contribution in [0, 0.1) is 0 Å². The standard InChI is InChI=1S/C16H17Br2NO2/c1-20-15-6-3-10(7-13(15)18)8-14(19)12-5-4-11(17)9-16(12)21-2/h3-7,9,14H,8,19H2,1-2H3. The first kappa shape index (κ1) is 16.3. The lowest BCUT2D eigenvalue weighted by atomic mass is 9.99. The van der Waals surface area contributed by atoms with E-state index in [1.165, 1.54) is 0 Å². The van der Waals surface area contributed by atoms with E-state index >= 15 is 0 Å². The molecule has 1 atom stereocenters. The fourth-order valence-electron chi connectivity index (χ4n) is 2.19. The van der Waals surface area contributed by atoms with Crippen LogP contribution in [0.3, 0.4) is 0 Å². The molecule has 0 aliphatic carbocycles. The summed E-state index contributed by atoms with van der Waals surface area (Å²) in [6.07, 6.45) is 0.723. The van der Waals surface area contributed by atoms with Crippen LogP contribution in [0.25, 0.3) is 0 Å². The number of rotatable bonds is 5. The van der Waals surface area contributed by atoms with Crippen LogP contribution in [-0.2, 0) is 6.42 Å². The Bertz CT molecular complexity index is 632. The lowest BCUT2D eigenvalue weighted by Gasteiger charge is -2.16. The van der Waals surface area contributed by atoms with Crippen molar-refractivity contribution in [1.29, 1.82) is 0 Å². The molecule has 0 aliphatic heterocycles. The molecular formula is C16H17Br2NO2. The van der Waals surface area contributed by atoms with Crippen molar-refractivity contribution in [1.82, 2.24) is 0 Å². The number of hydrogen-bond acceptors (Lipinski definition) is 3. The minimum atomic E-state index is -0.131. The zero-order valence-corrected chi connectivity index (χ0v) is 15.1. The van der Waals surface area contributed by atoms with Gasteiger partial charge in [0.2, 0.25) is 0 Å². The lowest BCUT2D eigenvalue weighted by molar-refractivity contribution is 0.405. The van der Waals surface area contributed by atoms with Crippen molar-refractivity contribution >= 4 is 31.9 Å². The summed E-state index contributed by atoms with van der Waals surface area (Å²) in [6, 6.07) is 11.8. The highest BCUT2D eigenvalue weighted by molar-refractivity contribution is 9.10. The van der Waals surface area contributed by atoms with Crippen molar-refractivity contribution in [3.8, 4) is 11.5 Å². The fraction of sp³-hybridized carbons (Fsp3) is 0.250. The molecule has 0 aliphatic rings. The highest BCUT2D eigenvalue weighted by atomic mass is 79.9. The minimum Gasteiger partial charge on any atom is -0.496 e. The van der Waals surface area contributed by atoms with Gasteiger partial charge in [0.05, 0.1) is 18.7 Å². The van der Waals surface area contributed by atoms with Gasteiger partial charge in [-0.3, -0.25) is 0 Å². The summed E-state index contributed by atoms with van der Waals surface area (Å²) in [5.41, 5.74) is 8.46. The topological polar surface area (TPSA) is 44.5 Å². The Balaban J connectivity index is 2.21. The Morgan fingerprint density at radius 3 is 2.33 bits per heavy atom. The molecule has 0 fully saturated rings. The Hall–Kier alpha value is -1.04. The third-order valence-electron chi connectivity index (χ3n) is 3.27. The molecule has 2 aromatic carbocycles. The Morgan fingerprint density at radius 1 is 1.00 bits per heavy atom. The van der Waals surface area contributed by atoms with Gasteiger partial charge < -0.3 is 15.2 Å². The first-order valence-corrected chi connectivity index (χ1v) is 8.05. The molecule has 0 spiro atoms. The van der Waals surface area contributed by atoms with Crippen LogP contribution in [0.4, 0.5) is 0 Å². The van der Waals surface area contributed by atoms with Gasteiger partial charge in [-0.25, -0.2) is 0 Å². The highest BCUT2D eigenvalue weighted by Gasteiger charge is 2.14. The molecule has 0 amide bonds. The number of benzene rings is 2. The number of halogens is 2. The SMILES string of the molecule is COc1ccc(CC(N)c2ccc(Br)cc2OC)cc1Br. The van der Waals surface area contributed by atoms with Gasteiger partial charge in [-0.15, -0.1) is 0 Å². The van der Waals surface area contributed by atoms with E-state index in [-0.39, 0.29) is 6.04 Å². The largest absolute Gasteiger partial charge is 0.496 e. The molecule has 1 unspecified atom stereocenters. The van der Waals surface area contributed by atoms with Gasteiger partial charge in [0.15, 0.2) is 0 Å². The number of nitrogens with two attached hydrogens (primary N) is 1. The van der Waals surface area contributed by atoms with E-state index in [1.807, 2.05) is 36.4 Å². The number of methoxy groups -OCH3 is 2. The summed E-state index contributed by atoms with van der Waals surface area (Å²) >= 11 is 6.93. The number of hydrogen-bond donors (Lipinski definition) is 1. The van der Waals surface area contributed by atoms with Gasteiger partial charge in [0, 0.05) is 16.1 Å². The van der Waals surface area contributed by atoms with Crippen molar-refractivity contribution in [2.45, 2.75) is 12.5 Å². The summed E-state index contributed by atoms with van der Waals surface area (Å²) in [6.45, 7) is 0. The molecule has 2 N–H and O–H groups in total. The summed E-state index contributed by atoms with van der Waals surface area (Å²) in [7, 11) is 3.31. The Labute approximate surface area is 141 Å². The molecule has 0 aromatic heterocycles. The Kier molecular flexibility index (Phi) is 5.67. The molecule has 3 nitrogen and oxygen atoms in total. The maximum absolute atomic E-state index is 6.33. The number of ether oxygens (including phenoxy) is 2. The first-order chi connectivity index (χ1) is 10.0. The average molecular weight is 415 g/mol. The molecule has 0 saturated carbocycles. The van der Waals surface area contributed by atoms with Crippen molar-refractivity contribution in [3.05, 3.63) is 56.5 Å². The van der Waals surface area contributed by atoms with Gasteiger partial charge >= 0.3 is 0 Å². The molecule has 21 heavy (non-hydrogen) atoms. The van der Waals surface area contributed by atoms with Crippen molar-refractivity contribution in [3.63, 3.8) is 0 Å². The van der Waals surface area contributed by atoms with Gasteiger partial charge in [0.25, 0.3) is 0 Å². The third-order valence-corrected chi connectivity index (χ3v) is 4.38. The summed E-state index contributed by atoms with van der Waals surface area (Å²) in [4.78, 5) is 0. The maximum atomic E-state index is 6.33. The normalized spacial score (nSPS) is 12.0. The average Bonchev–Trinajstić information content (AvgIpc) is 2.47. The van der Waals surface area contributed by atoms with E-state index in [0.29, 0.717) is 0 Å². The Morgan fingerprint density at radius 2 is 1.71 bits per heavy atom. The minimum absolute atomic E-state index is 0.131. The van der Waals surface area contributed by atoms with E-state index in [0.717, 1.165) is 38.0 Å². The smallest absolute Gasteiger partial charge is 0.133 e.